The summed E-state index contributed by atoms with van der Waals surface area (Å²) in [5.74, 6) is 0.163. The molecule has 1 atom stereocenters. The van der Waals surface area contributed by atoms with Crippen molar-refractivity contribution in [3.05, 3.63) is 29.6 Å². The maximum Gasteiger partial charge on any atom is 0.335 e. The Labute approximate surface area is 121 Å². The van der Waals surface area contributed by atoms with E-state index in [0.717, 1.165) is 6.42 Å². The first-order valence-electron chi connectivity index (χ1n) is 6.46. The molecule has 0 bridgehead atoms. The van der Waals surface area contributed by atoms with Gasteiger partial charge in [-0.3, -0.25) is 4.98 Å². The van der Waals surface area contributed by atoms with E-state index in [4.69, 9.17) is 5.11 Å². The lowest BCUT2D eigenvalue weighted by atomic mass is 10.2. The van der Waals surface area contributed by atoms with E-state index in [0.29, 0.717) is 17.5 Å². The number of carboxylic acids is 1. The second-order valence-corrected chi connectivity index (χ2v) is 5.95. The SMILES string of the molecule is O=C(NCc1cc(C(=O)O)ccn1)NCC1CCCS1. The van der Waals surface area contributed by atoms with Gasteiger partial charge in [0.05, 0.1) is 17.8 Å². The summed E-state index contributed by atoms with van der Waals surface area (Å²) < 4.78 is 0. The Morgan fingerprint density at radius 3 is 3.00 bits per heavy atom. The number of hydrogen-bond donors (Lipinski definition) is 3. The lowest BCUT2D eigenvalue weighted by Crippen LogP contribution is -2.38. The van der Waals surface area contributed by atoms with Crippen LogP contribution in [0.5, 0.6) is 0 Å². The van der Waals surface area contributed by atoms with Gasteiger partial charge in [-0.25, -0.2) is 9.59 Å². The molecule has 3 N–H and O–H groups in total. The van der Waals surface area contributed by atoms with Crippen LogP contribution in [0.1, 0.15) is 28.9 Å². The highest BCUT2D eigenvalue weighted by Gasteiger charge is 2.16. The molecule has 1 saturated heterocycles. The Morgan fingerprint density at radius 1 is 1.45 bits per heavy atom. The molecule has 2 rings (SSSR count). The molecule has 0 aliphatic carbocycles. The fraction of sp³-hybridized carbons (Fsp3) is 0.462. The summed E-state index contributed by atoms with van der Waals surface area (Å²) in [5, 5.41) is 14.9. The number of urea groups is 1. The average Bonchev–Trinajstić information content (AvgIpc) is 2.96. The quantitative estimate of drug-likeness (QED) is 0.765. The summed E-state index contributed by atoms with van der Waals surface area (Å²) in [4.78, 5) is 26.4. The maximum atomic E-state index is 11.6. The van der Waals surface area contributed by atoms with Crippen LogP contribution in [0.3, 0.4) is 0 Å². The Hall–Kier alpha value is -1.76. The summed E-state index contributed by atoms with van der Waals surface area (Å²) in [6, 6.07) is 2.62. The number of carbonyl (C=O) groups is 2. The van der Waals surface area contributed by atoms with E-state index in [1.54, 1.807) is 0 Å². The summed E-state index contributed by atoms with van der Waals surface area (Å²) in [5.41, 5.74) is 0.690. The van der Waals surface area contributed by atoms with Gasteiger partial charge in [0.1, 0.15) is 0 Å². The van der Waals surface area contributed by atoms with Crippen LogP contribution in [-0.2, 0) is 6.54 Å². The molecule has 6 nitrogen and oxygen atoms in total. The number of rotatable bonds is 5. The molecule has 1 fully saturated rings. The third-order valence-electron chi connectivity index (χ3n) is 3.01. The van der Waals surface area contributed by atoms with Gasteiger partial charge in [-0.05, 0) is 30.7 Å². The van der Waals surface area contributed by atoms with Crippen LogP contribution in [0.4, 0.5) is 4.79 Å². The molecule has 1 unspecified atom stereocenters. The first kappa shape index (κ1) is 14.6. The van der Waals surface area contributed by atoms with Gasteiger partial charge >= 0.3 is 12.0 Å². The molecule has 0 saturated carbocycles. The molecule has 2 heterocycles. The minimum Gasteiger partial charge on any atom is -0.478 e. The average molecular weight is 295 g/mol. The Kier molecular flexibility index (Phi) is 5.23. The molecule has 7 heteroatoms. The number of carboxylic acid groups (broad SMARTS) is 1. The molecule has 1 aliphatic rings. The number of amides is 2. The predicted molar refractivity (Wildman–Crippen MR) is 76.9 cm³/mol. The van der Waals surface area contributed by atoms with E-state index in [-0.39, 0.29) is 18.1 Å². The first-order valence-corrected chi connectivity index (χ1v) is 7.51. The van der Waals surface area contributed by atoms with Gasteiger partial charge in [-0.15, -0.1) is 0 Å². The van der Waals surface area contributed by atoms with Crippen LogP contribution >= 0.6 is 11.8 Å². The van der Waals surface area contributed by atoms with Crippen LogP contribution in [0.25, 0.3) is 0 Å². The molecule has 0 aromatic carbocycles. The van der Waals surface area contributed by atoms with Crippen LogP contribution in [-0.4, -0.2) is 39.6 Å². The van der Waals surface area contributed by atoms with Crippen molar-refractivity contribution < 1.29 is 14.7 Å². The Morgan fingerprint density at radius 2 is 2.30 bits per heavy atom. The molecular formula is C13H17N3O3S. The number of nitrogens with one attached hydrogen (secondary N) is 2. The third kappa shape index (κ3) is 4.41. The van der Waals surface area contributed by atoms with E-state index in [2.05, 4.69) is 15.6 Å². The fourth-order valence-electron chi connectivity index (χ4n) is 1.95. The molecule has 0 spiro atoms. The molecule has 1 aromatic rings. The van der Waals surface area contributed by atoms with Gasteiger partial charge < -0.3 is 15.7 Å². The number of thioether (sulfide) groups is 1. The van der Waals surface area contributed by atoms with Gasteiger partial charge in [0, 0.05) is 18.0 Å². The smallest absolute Gasteiger partial charge is 0.335 e. The highest BCUT2D eigenvalue weighted by molar-refractivity contribution is 8.00. The monoisotopic (exact) mass is 295 g/mol. The van der Waals surface area contributed by atoms with E-state index >= 15 is 0 Å². The lowest BCUT2D eigenvalue weighted by molar-refractivity contribution is 0.0696. The standard InChI is InChI=1S/C13H17N3O3S/c17-12(18)9-3-4-14-10(6-9)7-15-13(19)16-8-11-2-1-5-20-11/h3-4,6,11H,1-2,5,7-8H2,(H,17,18)(H2,15,16,19). The lowest BCUT2D eigenvalue weighted by Gasteiger charge is -2.11. The number of pyridine rings is 1. The minimum absolute atomic E-state index is 0.166. The number of aromatic nitrogens is 1. The summed E-state index contributed by atoms with van der Waals surface area (Å²) in [7, 11) is 0. The van der Waals surface area contributed by atoms with Crippen molar-refractivity contribution in [2.75, 3.05) is 12.3 Å². The van der Waals surface area contributed by atoms with Crippen molar-refractivity contribution in [2.24, 2.45) is 0 Å². The van der Waals surface area contributed by atoms with Crippen LogP contribution in [0.2, 0.25) is 0 Å². The van der Waals surface area contributed by atoms with E-state index in [1.807, 2.05) is 11.8 Å². The molecule has 2 amide bonds. The van der Waals surface area contributed by atoms with Gasteiger partial charge in [-0.2, -0.15) is 11.8 Å². The van der Waals surface area contributed by atoms with E-state index in [9.17, 15) is 9.59 Å². The van der Waals surface area contributed by atoms with Crippen LogP contribution in [0, 0.1) is 0 Å². The zero-order chi connectivity index (χ0) is 14.4. The molecular weight excluding hydrogens is 278 g/mol. The molecule has 1 aromatic heterocycles. The fourth-order valence-corrected chi connectivity index (χ4v) is 3.15. The van der Waals surface area contributed by atoms with Crippen LogP contribution in [0.15, 0.2) is 18.3 Å². The highest BCUT2D eigenvalue weighted by atomic mass is 32.2. The molecule has 108 valence electrons. The Bertz CT molecular complexity index is 490. The second kappa shape index (κ2) is 7.14. The van der Waals surface area contributed by atoms with Gasteiger partial charge in [0.15, 0.2) is 0 Å². The summed E-state index contributed by atoms with van der Waals surface area (Å²) in [6.45, 7) is 0.879. The number of carbonyl (C=O) groups excluding carboxylic acids is 1. The van der Waals surface area contributed by atoms with Crippen LogP contribution < -0.4 is 10.6 Å². The van der Waals surface area contributed by atoms with Crippen molar-refractivity contribution in [1.29, 1.82) is 0 Å². The van der Waals surface area contributed by atoms with Crippen molar-refractivity contribution >= 4 is 23.8 Å². The van der Waals surface area contributed by atoms with Gasteiger partial charge in [-0.1, -0.05) is 0 Å². The minimum atomic E-state index is -1.00. The van der Waals surface area contributed by atoms with E-state index in [1.165, 1.54) is 30.5 Å². The van der Waals surface area contributed by atoms with Gasteiger partial charge in [0.2, 0.25) is 0 Å². The topological polar surface area (TPSA) is 91.3 Å². The third-order valence-corrected chi connectivity index (χ3v) is 4.41. The largest absolute Gasteiger partial charge is 0.478 e. The van der Waals surface area contributed by atoms with E-state index < -0.39 is 5.97 Å². The molecule has 1 aliphatic heterocycles. The number of nitrogens with zero attached hydrogens (tertiary/aromatic N) is 1. The number of hydrogen-bond acceptors (Lipinski definition) is 4. The van der Waals surface area contributed by atoms with Crippen molar-refractivity contribution in [3.8, 4) is 0 Å². The second-order valence-electron chi connectivity index (χ2n) is 4.54. The van der Waals surface area contributed by atoms with Crippen molar-refractivity contribution in [2.45, 2.75) is 24.6 Å². The predicted octanol–water partition coefficient (Wildman–Crippen LogP) is 1.47. The van der Waals surface area contributed by atoms with Crippen molar-refractivity contribution in [1.82, 2.24) is 15.6 Å². The zero-order valence-electron chi connectivity index (χ0n) is 11.0. The normalized spacial score (nSPS) is 17.7. The highest BCUT2D eigenvalue weighted by Crippen LogP contribution is 2.25. The summed E-state index contributed by atoms with van der Waals surface area (Å²) in [6.07, 6.45) is 3.78. The molecule has 20 heavy (non-hydrogen) atoms. The maximum absolute atomic E-state index is 11.6. The zero-order valence-corrected chi connectivity index (χ0v) is 11.8. The van der Waals surface area contributed by atoms with Crippen molar-refractivity contribution in [3.63, 3.8) is 0 Å². The summed E-state index contributed by atoms with van der Waals surface area (Å²) >= 11 is 1.88. The number of aromatic carboxylic acids is 1. The first-order chi connectivity index (χ1) is 9.65. The van der Waals surface area contributed by atoms with Gasteiger partial charge in [0.25, 0.3) is 0 Å². The molecule has 0 radical (unpaired) electrons. The Balaban J connectivity index is 1.75.